The predicted molar refractivity (Wildman–Crippen MR) is 92.6 cm³/mol. The van der Waals surface area contributed by atoms with E-state index in [1.165, 1.54) is 0 Å². The lowest BCUT2D eigenvalue weighted by Crippen LogP contribution is -2.38. The van der Waals surface area contributed by atoms with Gasteiger partial charge in [-0.15, -0.1) is 0 Å². The minimum atomic E-state index is 0.373. The molecule has 4 nitrogen and oxygen atoms in total. The maximum Gasteiger partial charge on any atom is 0.130 e. The van der Waals surface area contributed by atoms with Crippen LogP contribution in [0.2, 0.25) is 0 Å². The van der Waals surface area contributed by atoms with Gasteiger partial charge in [0, 0.05) is 19.6 Å². The van der Waals surface area contributed by atoms with Crippen molar-refractivity contribution in [1.82, 2.24) is 4.90 Å². The Hall–Kier alpha value is -1.69. The van der Waals surface area contributed by atoms with Crippen molar-refractivity contribution in [3.63, 3.8) is 0 Å². The van der Waals surface area contributed by atoms with Gasteiger partial charge in [-0.25, -0.2) is 0 Å². The molecule has 0 saturated carbocycles. The van der Waals surface area contributed by atoms with Crippen molar-refractivity contribution in [3.05, 3.63) is 42.0 Å². The number of nitrogens with two attached hydrogens (primary N) is 1. The number of ether oxygens (including phenoxy) is 2. The highest BCUT2D eigenvalue weighted by Gasteiger charge is 2.13. The van der Waals surface area contributed by atoms with Gasteiger partial charge in [0.25, 0.3) is 0 Å². The molecule has 1 aliphatic heterocycles. The summed E-state index contributed by atoms with van der Waals surface area (Å²) in [7, 11) is 0. The quantitative estimate of drug-likeness (QED) is 0.857. The average molecular weight is 316 g/mol. The van der Waals surface area contributed by atoms with Crippen LogP contribution in [0.15, 0.2) is 36.4 Å². The van der Waals surface area contributed by atoms with Crippen molar-refractivity contribution in [2.45, 2.75) is 0 Å². The van der Waals surface area contributed by atoms with E-state index < -0.39 is 0 Å². The number of nitrogens with zero attached hydrogens (tertiary/aromatic N) is 1. The highest BCUT2D eigenvalue weighted by Crippen LogP contribution is 2.28. The molecule has 1 saturated heterocycles. The number of rotatable bonds is 5. The molecule has 3 rings (SSSR count). The Balaban J connectivity index is 1.75. The van der Waals surface area contributed by atoms with Crippen LogP contribution in [-0.4, -0.2) is 49.3 Å². The SMILES string of the molecule is NC(=S)c1c(OCCN2CCOCC2)ccc2ccccc12. The van der Waals surface area contributed by atoms with Crippen molar-refractivity contribution in [2.24, 2.45) is 5.73 Å². The minimum absolute atomic E-state index is 0.373. The van der Waals surface area contributed by atoms with Gasteiger partial charge in [-0.1, -0.05) is 42.5 Å². The fourth-order valence-electron chi connectivity index (χ4n) is 2.74. The van der Waals surface area contributed by atoms with Crippen molar-refractivity contribution in [2.75, 3.05) is 39.5 Å². The van der Waals surface area contributed by atoms with Crippen LogP contribution in [0, 0.1) is 0 Å². The molecule has 116 valence electrons. The second kappa shape index (κ2) is 7.05. The Kier molecular flexibility index (Phi) is 4.87. The third kappa shape index (κ3) is 3.38. The molecule has 0 aromatic heterocycles. The van der Waals surface area contributed by atoms with E-state index in [-0.39, 0.29) is 0 Å². The largest absolute Gasteiger partial charge is 0.491 e. The average Bonchev–Trinajstić information content (AvgIpc) is 2.55. The van der Waals surface area contributed by atoms with Crippen LogP contribution >= 0.6 is 12.2 Å². The number of morpholine rings is 1. The van der Waals surface area contributed by atoms with Crippen LogP contribution in [0.5, 0.6) is 5.75 Å². The predicted octanol–water partition coefficient (Wildman–Crippen LogP) is 2.18. The van der Waals surface area contributed by atoms with Gasteiger partial charge in [0.15, 0.2) is 0 Å². The van der Waals surface area contributed by atoms with Crippen molar-refractivity contribution in [3.8, 4) is 5.75 Å². The Morgan fingerprint density at radius 3 is 2.73 bits per heavy atom. The van der Waals surface area contributed by atoms with Crippen molar-refractivity contribution in [1.29, 1.82) is 0 Å². The molecule has 0 radical (unpaired) electrons. The molecular formula is C17H20N2O2S. The molecule has 0 unspecified atom stereocenters. The summed E-state index contributed by atoms with van der Waals surface area (Å²) in [6, 6.07) is 12.1. The number of hydrogen-bond donors (Lipinski definition) is 1. The molecule has 5 heteroatoms. The van der Waals surface area contributed by atoms with Crippen molar-refractivity contribution < 1.29 is 9.47 Å². The maximum atomic E-state index is 5.96. The lowest BCUT2D eigenvalue weighted by molar-refractivity contribution is 0.0322. The van der Waals surface area contributed by atoms with Gasteiger partial charge in [-0.05, 0) is 16.8 Å². The number of benzene rings is 2. The molecule has 0 atom stereocenters. The normalized spacial score (nSPS) is 15.8. The standard InChI is InChI=1S/C17H20N2O2S/c18-17(22)16-14-4-2-1-3-13(14)5-6-15(16)21-12-9-19-7-10-20-11-8-19/h1-6H,7-12H2,(H2,18,22). The Labute approximate surface area is 135 Å². The zero-order valence-electron chi connectivity index (χ0n) is 12.5. The van der Waals surface area contributed by atoms with E-state index in [0.29, 0.717) is 11.6 Å². The lowest BCUT2D eigenvalue weighted by atomic mass is 10.0. The van der Waals surface area contributed by atoms with E-state index in [4.69, 9.17) is 27.4 Å². The van der Waals surface area contributed by atoms with E-state index >= 15 is 0 Å². The van der Waals surface area contributed by atoms with Crippen molar-refractivity contribution >= 4 is 28.0 Å². The molecule has 1 aliphatic rings. The third-order valence-electron chi connectivity index (χ3n) is 3.91. The van der Waals surface area contributed by atoms with Gasteiger partial charge in [0.1, 0.15) is 17.3 Å². The van der Waals surface area contributed by atoms with Crippen LogP contribution in [0.25, 0.3) is 10.8 Å². The van der Waals surface area contributed by atoms with E-state index in [1.54, 1.807) is 0 Å². The first-order valence-corrected chi connectivity index (χ1v) is 7.91. The maximum absolute atomic E-state index is 5.96. The van der Waals surface area contributed by atoms with Gasteiger partial charge >= 0.3 is 0 Å². The first-order valence-electron chi connectivity index (χ1n) is 7.50. The van der Waals surface area contributed by atoms with Crippen LogP contribution in [0.4, 0.5) is 0 Å². The molecular weight excluding hydrogens is 296 g/mol. The second-order valence-corrected chi connectivity index (χ2v) is 5.77. The van der Waals surface area contributed by atoms with Gasteiger partial charge in [0.05, 0.1) is 18.8 Å². The Morgan fingerprint density at radius 1 is 1.18 bits per heavy atom. The van der Waals surface area contributed by atoms with Crippen LogP contribution < -0.4 is 10.5 Å². The summed E-state index contributed by atoms with van der Waals surface area (Å²) < 4.78 is 11.3. The van der Waals surface area contributed by atoms with Crippen LogP contribution in [0.1, 0.15) is 5.56 Å². The topological polar surface area (TPSA) is 47.7 Å². The molecule has 0 bridgehead atoms. The first-order chi connectivity index (χ1) is 10.8. The molecule has 0 aliphatic carbocycles. The number of thiocarbonyl (C=S) groups is 1. The number of fused-ring (bicyclic) bond motifs is 1. The summed E-state index contributed by atoms with van der Waals surface area (Å²) in [5.74, 6) is 0.763. The van der Waals surface area contributed by atoms with E-state index in [0.717, 1.165) is 54.9 Å². The molecule has 2 N–H and O–H groups in total. The fourth-order valence-corrected chi connectivity index (χ4v) is 2.95. The fraction of sp³-hybridized carbons (Fsp3) is 0.353. The molecule has 1 heterocycles. The highest BCUT2D eigenvalue weighted by atomic mass is 32.1. The summed E-state index contributed by atoms with van der Waals surface area (Å²) in [4.78, 5) is 2.71. The number of hydrogen-bond acceptors (Lipinski definition) is 4. The highest BCUT2D eigenvalue weighted by molar-refractivity contribution is 7.80. The zero-order valence-corrected chi connectivity index (χ0v) is 13.3. The van der Waals surface area contributed by atoms with Gasteiger partial charge in [-0.3, -0.25) is 4.90 Å². The molecule has 0 spiro atoms. The molecule has 0 amide bonds. The van der Waals surface area contributed by atoms with Gasteiger partial charge < -0.3 is 15.2 Å². The lowest BCUT2D eigenvalue weighted by Gasteiger charge is -2.26. The summed E-state index contributed by atoms with van der Waals surface area (Å²) >= 11 is 5.22. The van der Waals surface area contributed by atoms with E-state index in [9.17, 15) is 0 Å². The van der Waals surface area contributed by atoms with Gasteiger partial charge in [0.2, 0.25) is 0 Å². The molecule has 1 fully saturated rings. The third-order valence-corrected chi connectivity index (χ3v) is 4.11. The zero-order chi connectivity index (χ0) is 15.4. The first kappa shape index (κ1) is 15.2. The molecule has 2 aromatic carbocycles. The van der Waals surface area contributed by atoms with E-state index in [2.05, 4.69) is 11.0 Å². The molecule has 2 aromatic rings. The minimum Gasteiger partial charge on any atom is -0.491 e. The summed E-state index contributed by atoms with van der Waals surface area (Å²) in [5.41, 5.74) is 6.75. The van der Waals surface area contributed by atoms with E-state index in [1.807, 2.05) is 30.3 Å². The van der Waals surface area contributed by atoms with Gasteiger partial charge in [-0.2, -0.15) is 0 Å². The Bertz CT molecular complexity index is 669. The summed E-state index contributed by atoms with van der Waals surface area (Å²) in [5, 5.41) is 2.16. The van der Waals surface area contributed by atoms with Crippen LogP contribution in [0.3, 0.4) is 0 Å². The monoisotopic (exact) mass is 316 g/mol. The molecule has 22 heavy (non-hydrogen) atoms. The van der Waals surface area contributed by atoms with Crippen LogP contribution in [-0.2, 0) is 4.74 Å². The summed E-state index contributed by atoms with van der Waals surface area (Å²) in [6.45, 7) is 5.02. The smallest absolute Gasteiger partial charge is 0.130 e. The summed E-state index contributed by atoms with van der Waals surface area (Å²) in [6.07, 6.45) is 0. The Morgan fingerprint density at radius 2 is 1.95 bits per heavy atom. The second-order valence-electron chi connectivity index (χ2n) is 5.33.